The van der Waals surface area contributed by atoms with Crippen molar-refractivity contribution in [2.24, 2.45) is 0 Å². The van der Waals surface area contributed by atoms with Crippen molar-refractivity contribution in [1.82, 2.24) is 9.80 Å². The van der Waals surface area contributed by atoms with Gasteiger partial charge in [0, 0.05) is 49.7 Å². The van der Waals surface area contributed by atoms with Gasteiger partial charge in [-0.15, -0.1) is 0 Å². The van der Waals surface area contributed by atoms with Crippen LogP contribution < -0.4 is 154 Å². The van der Waals surface area contributed by atoms with E-state index in [1.165, 1.54) is 0 Å². The van der Waals surface area contributed by atoms with Gasteiger partial charge >= 0.3 is 154 Å². The van der Waals surface area contributed by atoms with Gasteiger partial charge in [-0.05, 0) is 0 Å². The molecule has 1 heterocycles. The molecule has 0 amide bonds. The van der Waals surface area contributed by atoms with E-state index in [9.17, 15) is 13.0 Å². The molecule has 1 aliphatic heterocycles. The van der Waals surface area contributed by atoms with E-state index in [0.29, 0.717) is 13.1 Å². The van der Waals surface area contributed by atoms with Crippen LogP contribution in [0.15, 0.2) is 0 Å². The minimum Gasteiger partial charge on any atom is -0.759 e. The van der Waals surface area contributed by atoms with Crippen molar-refractivity contribution < 1.29 is 190 Å². The summed E-state index contributed by atoms with van der Waals surface area (Å²) in [7, 11) is -9.26. The Morgan fingerprint density at radius 2 is 1.09 bits per heavy atom. The molecule has 1 aliphatic rings. The summed E-state index contributed by atoms with van der Waals surface area (Å²) >= 11 is 0. The van der Waals surface area contributed by atoms with E-state index in [0.717, 1.165) is 26.2 Å². The van der Waals surface area contributed by atoms with Crippen molar-refractivity contribution in [3.05, 3.63) is 0 Å². The molecule has 0 aromatic carbocycles. The summed E-state index contributed by atoms with van der Waals surface area (Å²) in [5.74, 6) is -0.312. The zero-order chi connectivity index (χ0) is 15.8. The molecule has 0 radical (unpaired) electrons. The van der Waals surface area contributed by atoms with Crippen LogP contribution in [0.3, 0.4) is 0 Å². The van der Waals surface area contributed by atoms with Gasteiger partial charge in [0.05, 0.1) is 22.5 Å². The zero-order valence-electron chi connectivity index (χ0n) is 13.7. The second kappa shape index (κ2) is 18.6. The van der Waals surface area contributed by atoms with Crippen molar-refractivity contribution in [1.29, 1.82) is 0 Å². The summed E-state index contributed by atoms with van der Waals surface area (Å²) in [6.07, 6.45) is 0. The normalized spacial score (nSPS) is 16.0. The van der Waals surface area contributed by atoms with E-state index < -0.39 is 20.5 Å². The van der Waals surface area contributed by atoms with E-state index in [1.807, 2.05) is 4.90 Å². The second-order valence-corrected chi connectivity index (χ2v) is 6.42. The van der Waals surface area contributed by atoms with Crippen molar-refractivity contribution in [2.75, 3.05) is 51.6 Å². The molecule has 23 heavy (non-hydrogen) atoms. The third kappa shape index (κ3) is 28.9. The smallest absolute Gasteiger partial charge is 0.759 e. The van der Waals surface area contributed by atoms with Gasteiger partial charge in [0.2, 0.25) is 0 Å². The van der Waals surface area contributed by atoms with Crippen LogP contribution in [0.25, 0.3) is 0 Å². The summed E-state index contributed by atoms with van der Waals surface area (Å²) < 4.78 is 65.3. The molecular formula is C8H17K3N2O8S2. The Bertz CT molecular complexity index is 460. The predicted molar refractivity (Wildman–Crippen MR) is 65.0 cm³/mol. The van der Waals surface area contributed by atoms with Crippen LogP contribution in [0.2, 0.25) is 0 Å². The molecule has 1 fully saturated rings. The second-order valence-electron chi connectivity index (χ2n) is 4.08. The van der Waals surface area contributed by atoms with Crippen LogP contribution in [0.1, 0.15) is 0 Å². The number of piperazine rings is 1. The van der Waals surface area contributed by atoms with Crippen LogP contribution in [0, 0.1) is 0 Å². The molecule has 0 aliphatic carbocycles. The van der Waals surface area contributed by atoms with E-state index in [4.69, 9.17) is 22.6 Å². The monoisotopic (exact) mass is 450 g/mol. The Kier molecular flexibility index (Phi) is 28.3. The standard InChI is InChI=1S/C8H18N2O4S.3K.H2O4S/c11-7-5-9-1-3-10(4-2-9)6-8-15(12,13)14;;;;1-5(2,3)4/h11H,1-8H2,(H,12,13,14);;;;(H2,1,2,3,4)/q;3*+1;/p-3. The number of aliphatic hydroxyl groups is 1. The van der Waals surface area contributed by atoms with Gasteiger partial charge in [-0.1, -0.05) is 0 Å². The predicted octanol–water partition coefficient (Wildman–Crippen LogP) is -12.2. The molecule has 15 heteroatoms. The first-order valence-electron chi connectivity index (χ1n) is 5.67. The van der Waals surface area contributed by atoms with E-state index in [2.05, 4.69) is 4.90 Å². The summed E-state index contributed by atoms with van der Waals surface area (Å²) in [6.45, 7) is 4.28. The third-order valence-corrected chi connectivity index (χ3v) is 3.22. The molecule has 0 unspecified atom stereocenters. The number of aliphatic hydroxyl groups excluding tert-OH is 1. The van der Waals surface area contributed by atoms with E-state index in [1.54, 1.807) is 0 Å². The van der Waals surface area contributed by atoms with Gasteiger partial charge in [-0.25, -0.2) is 8.42 Å². The third-order valence-electron chi connectivity index (χ3n) is 2.54. The number of nitrogens with zero attached hydrogens (tertiary/aromatic N) is 2. The molecule has 10 nitrogen and oxygen atoms in total. The van der Waals surface area contributed by atoms with Crippen LogP contribution in [0.5, 0.6) is 0 Å². The quantitative estimate of drug-likeness (QED) is 0.241. The first-order valence-corrected chi connectivity index (χ1v) is 8.58. The fraction of sp³-hybridized carbons (Fsp3) is 1.00. The number of hydrogen-bond acceptors (Lipinski definition) is 10. The minimum absolute atomic E-state index is 0. The molecule has 0 aromatic rings. The molecule has 0 aromatic heterocycles. The summed E-state index contributed by atoms with van der Waals surface area (Å²) in [5, 5.41) is 8.72. The van der Waals surface area contributed by atoms with E-state index >= 15 is 0 Å². The Morgan fingerprint density at radius 3 is 1.35 bits per heavy atom. The van der Waals surface area contributed by atoms with Crippen molar-refractivity contribution in [2.45, 2.75) is 0 Å². The zero-order valence-corrected chi connectivity index (χ0v) is 24.7. The number of β-amino-alcohol motifs (C(OH)–C–C–N with tert-alkyl or cyclic N) is 1. The molecule has 122 valence electrons. The fourth-order valence-electron chi connectivity index (χ4n) is 1.62. The molecule has 1 saturated heterocycles. The SMILES string of the molecule is O=S(=O)([O-])CCN1CCN(CCO)CC1.O=S(=O)([O-])[O-].[K+].[K+].[K+]. The molecule has 0 atom stereocenters. The first-order chi connectivity index (χ1) is 9.01. The summed E-state index contributed by atoms with van der Waals surface area (Å²) in [4.78, 5) is 4.07. The fourth-order valence-corrected chi connectivity index (χ4v) is 2.10. The van der Waals surface area contributed by atoms with Gasteiger partial charge in [-0.2, -0.15) is 0 Å². The Labute approximate surface area is 265 Å². The summed E-state index contributed by atoms with van der Waals surface area (Å²) in [5.41, 5.74) is 0. The number of hydrogen-bond donors (Lipinski definition) is 1. The van der Waals surface area contributed by atoms with E-state index in [-0.39, 0.29) is 167 Å². The van der Waals surface area contributed by atoms with Gasteiger partial charge in [0.25, 0.3) is 0 Å². The molecular weight excluding hydrogens is 434 g/mol. The maximum Gasteiger partial charge on any atom is 1.00 e. The van der Waals surface area contributed by atoms with Crippen molar-refractivity contribution in [3.63, 3.8) is 0 Å². The average Bonchev–Trinajstić information content (AvgIpc) is 2.25. The van der Waals surface area contributed by atoms with Gasteiger partial charge in [0.15, 0.2) is 0 Å². The molecule has 1 N–H and O–H groups in total. The average molecular weight is 451 g/mol. The Balaban J connectivity index is -0.000000199. The van der Waals surface area contributed by atoms with Crippen molar-refractivity contribution in [3.8, 4) is 0 Å². The molecule has 0 spiro atoms. The summed E-state index contributed by atoms with van der Waals surface area (Å²) in [6, 6.07) is 0. The van der Waals surface area contributed by atoms with Gasteiger partial charge in [-0.3, -0.25) is 18.2 Å². The van der Waals surface area contributed by atoms with Crippen LogP contribution >= 0.6 is 0 Å². The Morgan fingerprint density at radius 1 is 0.783 bits per heavy atom. The minimum atomic E-state index is -5.17. The Hall–Kier alpha value is 4.57. The van der Waals surface area contributed by atoms with Crippen LogP contribution in [0.4, 0.5) is 0 Å². The van der Waals surface area contributed by atoms with Gasteiger partial charge in [0.1, 0.15) is 0 Å². The molecule has 0 bridgehead atoms. The number of rotatable bonds is 5. The van der Waals surface area contributed by atoms with Crippen LogP contribution in [-0.4, -0.2) is 97.0 Å². The van der Waals surface area contributed by atoms with Crippen LogP contribution in [-0.2, 0) is 20.5 Å². The maximum absolute atomic E-state index is 10.4. The van der Waals surface area contributed by atoms with Gasteiger partial charge < -0.3 is 18.8 Å². The molecule has 1 rings (SSSR count). The topological polar surface area (TPSA) is 164 Å². The van der Waals surface area contributed by atoms with Crippen molar-refractivity contribution >= 4 is 20.5 Å². The largest absolute Gasteiger partial charge is 1.00 e. The first kappa shape index (κ1) is 35.0. The maximum atomic E-state index is 10.4. The molecule has 0 saturated carbocycles.